The van der Waals surface area contributed by atoms with Crippen molar-refractivity contribution >= 4 is 15.7 Å². The van der Waals surface area contributed by atoms with Gasteiger partial charge in [-0.25, -0.2) is 18.4 Å². The highest BCUT2D eigenvalue weighted by molar-refractivity contribution is 7.92. The Balaban J connectivity index is 1.63. The smallest absolute Gasteiger partial charge is 0.342 e. The summed E-state index contributed by atoms with van der Waals surface area (Å²) in [6.07, 6.45) is -1.56. The first kappa shape index (κ1) is 23.4. The van der Waals surface area contributed by atoms with Crippen LogP contribution in [-0.4, -0.2) is 39.3 Å². The van der Waals surface area contributed by atoms with Gasteiger partial charge in [0.25, 0.3) is 5.91 Å². The van der Waals surface area contributed by atoms with Gasteiger partial charge in [0.05, 0.1) is 27.3 Å². The molecule has 2 aromatic heterocycles. The molecule has 4 rings (SSSR count). The van der Waals surface area contributed by atoms with E-state index in [9.17, 15) is 26.4 Å². The number of pyridine rings is 1. The number of halogens is 3. The molecule has 34 heavy (non-hydrogen) atoms. The monoisotopic (exact) mass is 490 g/mol. The number of nitrogens with one attached hydrogen (secondary N) is 1. The molecule has 0 spiro atoms. The third kappa shape index (κ3) is 4.62. The molecular weight excluding hydrogens is 473 g/mol. The molecule has 1 fully saturated rings. The number of carbonyl (C=O) groups excluding carboxylic acids is 1. The molecule has 1 atom stereocenters. The molecule has 9 nitrogen and oxygen atoms in total. The van der Waals surface area contributed by atoms with E-state index in [4.69, 9.17) is 5.26 Å². The van der Waals surface area contributed by atoms with Crippen molar-refractivity contribution in [2.45, 2.75) is 42.1 Å². The van der Waals surface area contributed by atoms with Gasteiger partial charge in [0.15, 0.2) is 21.5 Å². The first-order valence-electron chi connectivity index (χ1n) is 10.0. The minimum atomic E-state index is -4.84. The van der Waals surface area contributed by atoms with Gasteiger partial charge in [-0.3, -0.25) is 4.79 Å². The summed E-state index contributed by atoms with van der Waals surface area (Å²) in [6.45, 7) is 1.54. The molecule has 0 saturated heterocycles. The molecule has 0 radical (unpaired) electrons. The Kier molecular flexibility index (Phi) is 5.86. The van der Waals surface area contributed by atoms with Gasteiger partial charge in [0.1, 0.15) is 12.4 Å². The van der Waals surface area contributed by atoms with Crippen molar-refractivity contribution < 1.29 is 26.4 Å². The lowest BCUT2D eigenvalue weighted by Gasteiger charge is -2.16. The largest absolute Gasteiger partial charge is 0.416 e. The Labute approximate surface area is 192 Å². The fourth-order valence-electron chi connectivity index (χ4n) is 3.27. The number of hydrogen-bond donors (Lipinski definition) is 1. The number of hydrogen-bond acceptors (Lipinski definition) is 7. The topological polar surface area (TPSA) is 131 Å². The molecule has 1 N–H and O–H groups in total. The van der Waals surface area contributed by atoms with E-state index in [-0.39, 0.29) is 5.82 Å². The summed E-state index contributed by atoms with van der Waals surface area (Å²) in [7, 11) is -3.96. The molecule has 1 amide bonds. The summed E-state index contributed by atoms with van der Waals surface area (Å²) in [5.41, 5.74) is -1.34. The number of aromatic nitrogens is 4. The quantitative estimate of drug-likeness (QED) is 0.562. The molecule has 1 aliphatic rings. The summed E-state index contributed by atoms with van der Waals surface area (Å²) < 4.78 is 66.7. The van der Waals surface area contributed by atoms with E-state index in [0.717, 1.165) is 6.07 Å². The number of benzene rings is 1. The highest BCUT2D eigenvalue weighted by Gasteiger charge is 2.39. The molecule has 0 aliphatic heterocycles. The van der Waals surface area contributed by atoms with Crippen molar-refractivity contribution in [2.75, 3.05) is 0 Å². The lowest BCUT2D eigenvalue weighted by Crippen LogP contribution is -2.29. The fourth-order valence-corrected chi connectivity index (χ4v) is 5.00. The Morgan fingerprint density at radius 2 is 1.97 bits per heavy atom. The third-order valence-electron chi connectivity index (χ3n) is 5.19. The van der Waals surface area contributed by atoms with Crippen LogP contribution in [0.1, 0.15) is 53.1 Å². The highest BCUT2D eigenvalue weighted by Crippen LogP contribution is 2.37. The third-order valence-corrected chi connectivity index (χ3v) is 7.43. The minimum Gasteiger partial charge on any atom is -0.342 e. The van der Waals surface area contributed by atoms with E-state index < -0.39 is 49.2 Å². The van der Waals surface area contributed by atoms with Crippen molar-refractivity contribution in [3.05, 3.63) is 65.4 Å². The number of amides is 1. The Morgan fingerprint density at radius 3 is 2.56 bits per heavy atom. The second-order valence-electron chi connectivity index (χ2n) is 7.73. The van der Waals surface area contributed by atoms with Crippen LogP contribution in [0.5, 0.6) is 0 Å². The zero-order chi connectivity index (χ0) is 24.7. The molecule has 1 saturated carbocycles. The standard InChI is InChI=1S/C21H17F3N6O3S/c1-12(19-27-11-28-30(19)18-5-2-13(9-25)10-26-18)29-20(31)14-6-15(21(22,23)24)8-17(7-14)34(32,33)16-3-4-16/h2,5-8,10-12,16H,3-4H2,1H3,(H,29,31)/t12-/m0/s1. The van der Waals surface area contributed by atoms with Gasteiger partial charge in [0.2, 0.25) is 0 Å². The van der Waals surface area contributed by atoms with Gasteiger partial charge in [-0.1, -0.05) is 0 Å². The Morgan fingerprint density at radius 1 is 1.24 bits per heavy atom. The van der Waals surface area contributed by atoms with Crippen LogP contribution in [0.3, 0.4) is 0 Å². The van der Waals surface area contributed by atoms with Gasteiger partial charge in [0, 0.05) is 11.8 Å². The van der Waals surface area contributed by atoms with Crippen LogP contribution < -0.4 is 5.32 Å². The molecule has 0 unspecified atom stereocenters. The second kappa shape index (κ2) is 8.53. The lowest BCUT2D eigenvalue weighted by atomic mass is 10.1. The molecule has 1 aliphatic carbocycles. The molecular formula is C21H17F3N6O3S. The maximum Gasteiger partial charge on any atom is 0.416 e. The van der Waals surface area contributed by atoms with Crippen LogP contribution in [0.2, 0.25) is 0 Å². The molecule has 3 aromatic rings. The van der Waals surface area contributed by atoms with Crippen molar-refractivity contribution in [2.24, 2.45) is 0 Å². The second-order valence-corrected chi connectivity index (χ2v) is 9.96. The molecule has 13 heteroatoms. The first-order chi connectivity index (χ1) is 16.0. The highest BCUT2D eigenvalue weighted by atomic mass is 32.2. The van der Waals surface area contributed by atoms with Crippen molar-refractivity contribution in [1.82, 2.24) is 25.1 Å². The molecule has 176 valence electrons. The SMILES string of the molecule is C[C@H](NC(=O)c1cc(C(F)(F)F)cc(S(=O)(=O)C2CC2)c1)c1ncnn1-c1ccc(C#N)cn1. The number of rotatable bonds is 6. The van der Waals surface area contributed by atoms with Gasteiger partial charge in [-0.15, -0.1) is 0 Å². The average molecular weight is 490 g/mol. The Hall–Kier alpha value is -3.79. The molecule has 0 bridgehead atoms. The number of carbonyl (C=O) groups is 1. The maximum absolute atomic E-state index is 13.4. The Bertz CT molecular complexity index is 1390. The van der Waals surface area contributed by atoms with Gasteiger partial charge >= 0.3 is 6.18 Å². The zero-order valence-electron chi connectivity index (χ0n) is 17.6. The van der Waals surface area contributed by atoms with E-state index in [1.54, 1.807) is 0 Å². The van der Waals surface area contributed by atoms with Crippen LogP contribution in [0.25, 0.3) is 5.82 Å². The van der Waals surface area contributed by atoms with Gasteiger partial charge < -0.3 is 5.32 Å². The summed E-state index contributed by atoms with van der Waals surface area (Å²) in [5.74, 6) is -0.374. The number of alkyl halides is 3. The van der Waals surface area contributed by atoms with E-state index >= 15 is 0 Å². The molecule has 1 aromatic carbocycles. The fraction of sp³-hybridized carbons (Fsp3) is 0.286. The van der Waals surface area contributed by atoms with Crippen LogP contribution in [-0.2, 0) is 16.0 Å². The van der Waals surface area contributed by atoms with Crippen LogP contribution in [0.4, 0.5) is 13.2 Å². The number of nitrogens with zero attached hydrogens (tertiary/aromatic N) is 5. The summed E-state index contributed by atoms with van der Waals surface area (Å²) in [4.78, 5) is 20.5. The van der Waals surface area contributed by atoms with Crippen molar-refractivity contribution in [3.8, 4) is 11.9 Å². The van der Waals surface area contributed by atoms with E-state index in [1.165, 1.54) is 36.3 Å². The van der Waals surface area contributed by atoms with Crippen LogP contribution in [0, 0.1) is 11.3 Å². The summed E-state index contributed by atoms with van der Waals surface area (Å²) in [6, 6.07) is 6.27. The predicted octanol–water partition coefficient (Wildman–Crippen LogP) is 2.98. The molecule has 2 heterocycles. The van der Waals surface area contributed by atoms with E-state index in [0.29, 0.717) is 36.4 Å². The summed E-state index contributed by atoms with van der Waals surface area (Å²) >= 11 is 0. The zero-order valence-corrected chi connectivity index (χ0v) is 18.4. The average Bonchev–Trinajstić information content (AvgIpc) is 3.56. The first-order valence-corrected chi connectivity index (χ1v) is 11.6. The van der Waals surface area contributed by atoms with Crippen molar-refractivity contribution in [1.29, 1.82) is 5.26 Å². The van der Waals surface area contributed by atoms with Crippen LogP contribution >= 0.6 is 0 Å². The predicted molar refractivity (Wildman–Crippen MR) is 111 cm³/mol. The minimum absolute atomic E-state index is 0.225. The van der Waals surface area contributed by atoms with Gasteiger partial charge in [-0.05, 0) is 50.1 Å². The van der Waals surface area contributed by atoms with Gasteiger partial charge in [-0.2, -0.15) is 28.2 Å². The van der Waals surface area contributed by atoms with E-state index in [2.05, 4.69) is 20.4 Å². The number of sulfone groups is 1. The maximum atomic E-state index is 13.4. The van der Waals surface area contributed by atoms with Crippen LogP contribution in [0.15, 0.2) is 47.8 Å². The lowest BCUT2D eigenvalue weighted by molar-refractivity contribution is -0.137. The van der Waals surface area contributed by atoms with E-state index in [1.807, 2.05) is 6.07 Å². The summed E-state index contributed by atoms with van der Waals surface area (Å²) in [5, 5.41) is 14.7. The van der Waals surface area contributed by atoms with Crippen molar-refractivity contribution in [3.63, 3.8) is 0 Å². The number of nitriles is 1. The normalized spacial score (nSPS) is 14.9.